The molecule has 1 aliphatic rings. The lowest BCUT2D eigenvalue weighted by Crippen LogP contribution is -2.22. The fourth-order valence-electron chi connectivity index (χ4n) is 3.09. The maximum atomic E-state index is 12.4. The number of thiophene rings is 1. The van der Waals surface area contributed by atoms with Crippen molar-refractivity contribution in [3.05, 3.63) is 34.0 Å². The maximum Gasteiger partial charge on any atom is 0.347 e. The van der Waals surface area contributed by atoms with Crippen LogP contribution in [0.3, 0.4) is 0 Å². The molecule has 1 fully saturated rings. The van der Waals surface area contributed by atoms with Crippen molar-refractivity contribution < 1.29 is 24.3 Å². The third-order valence-electron chi connectivity index (χ3n) is 4.48. The predicted octanol–water partition coefficient (Wildman–Crippen LogP) is 2.33. The molecule has 3 rings (SSSR count). The average molecular weight is 393 g/mol. The summed E-state index contributed by atoms with van der Waals surface area (Å²) in [6.07, 6.45) is 2.23. The van der Waals surface area contributed by atoms with Crippen LogP contribution in [-0.2, 0) is 4.74 Å². The Morgan fingerprint density at radius 1 is 1.48 bits per heavy atom. The minimum absolute atomic E-state index is 0.0345. The Hall–Kier alpha value is -2.72. The number of aliphatic hydroxyl groups excluding tert-OH is 1. The fourth-order valence-corrected chi connectivity index (χ4v) is 4.37. The summed E-state index contributed by atoms with van der Waals surface area (Å²) in [6.45, 7) is 1.17. The predicted molar refractivity (Wildman–Crippen MR) is 99.5 cm³/mol. The van der Waals surface area contributed by atoms with Gasteiger partial charge in [0, 0.05) is 43.4 Å². The van der Waals surface area contributed by atoms with E-state index in [1.165, 1.54) is 20.4 Å². The first kappa shape index (κ1) is 19.1. The van der Waals surface area contributed by atoms with Crippen LogP contribution in [0.1, 0.15) is 16.8 Å². The Bertz CT molecular complexity index is 851. The summed E-state index contributed by atoms with van der Waals surface area (Å²) in [5.74, 6) is -0.299. The number of hydrogen-bond donors (Lipinski definition) is 1. The van der Waals surface area contributed by atoms with E-state index in [1.807, 2.05) is 4.90 Å². The molecule has 10 heteroatoms. The molecule has 1 aliphatic heterocycles. The lowest BCUT2D eigenvalue weighted by Gasteiger charge is -2.17. The number of nitro groups is 1. The Kier molecular flexibility index (Phi) is 5.57. The third kappa shape index (κ3) is 3.58. The van der Waals surface area contributed by atoms with E-state index in [9.17, 15) is 20.0 Å². The van der Waals surface area contributed by atoms with Gasteiger partial charge in [0.1, 0.15) is 9.88 Å². The molecule has 0 bridgehead atoms. The van der Waals surface area contributed by atoms with Crippen LogP contribution in [0, 0.1) is 16.0 Å². The molecule has 2 aromatic heterocycles. The Labute approximate surface area is 159 Å². The van der Waals surface area contributed by atoms with Gasteiger partial charge in [-0.25, -0.2) is 9.78 Å². The van der Waals surface area contributed by atoms with Crippen LogP contribution in [0.15, 0.2) is 18.3 Å². The molecule has 1 atom stereocenters. The number of esters is 1. The highest BCUT2D eigenvalue weighted by molar-refractivity contribution is 7.20. The van der Waals surface area contributed by atoms with Gasteiger partial charge in [-0.1, -0.05) is 0 Å². The maximum absolute atomic E-state index is 12.4. The van der Waals surface area contributed by atoms with E-state index < -0.39 is 10.9 Å². The zero-order valence-electron chi connectivity index (χ0n) is 14.9. The first-order valence-corrected chi connectivity index (χ1v) is 9.07. The molecular weight excluding hydrogens is 374 g/mol. The van der Waals surface area contributed by atoms with Gasteiger partial charge in [0.2, 0.25) is 5.88 Å². The molecule has 2 aromatic rings. The summed E-state index contributed by atoms with van der Waals surface area (Å²) in [5, 5.41) is 21.7. The topological polar surface area (TPSA) is 115 Å². The molecule has 0 radical (unpaired) electrons. The zero-order chi connectivity index (χ0) is 19.6. The number of pyridine rings is 1. The number of rotatable bonds is 6. The van der Waals surface area contributed by atoms with Gasteiger partial charge >= 0.3 is 11.7 Å². The van der Waals surface area contributed by atoms with Crippen molar-refractivity contribution in [2.75, 3.05) is 38.8 Å². The number of anilines is 1. The Balaban J connectivity index is 2.15. The zero-order valence-corrected chi connectivity index (χ0v) is 15.7. The van der Waals surface area contributed by atoms with E-state index in [4.69, 9.17) is 9.47 Å². The summed E-state index contributed by atoms with van der Waals surface area (Å²) in [6, 6.07) is 3.27. The molecule has 0 aliphatic carbocycles. The number of carbonyl (C=O) groups is 1. The molecule has 27 heavy (non-hydrogen) atoms. The average Bonchev–Trinajstić information content (AvgIpc) is 3.31. The quantitative estimate of drug-likeness (QED) is 0.452. The van der Waals surface area contributed by atoms with E-state index in [0.717, 1.165) is 17.8 Å². The van der Waals surface area contributed by atoms with E-state index in [-0.39, 0.29) is 23.8 Å². The van der Waals surface area contributed by atoms with Crippen molar-refractivity contribution in [3.63, 3.8) is 0 Å². The van der Waals surface area contributed by atoms with E-state index in [0.29, 0.717) is 34.4 Å². The van der Waals surface area contributed by atoms with Crippen molar-refractivity contribution in [1.82, 2.24) is 4.98 Å². The van der Waals surface area contributed by atoms with Gasteiger partial charge in [-0.05, 0) is 12.5 Å². The number of methoxy groups -OCH3 is 2. The van der Waals surface area contributed by atoms with E-state index in [1.54, 1.807) is 12.1 Å². The number of ether oxygens (including phenoxy) is 2. The molecule has 1 N–H and O–H groups in total. The normalized spacial score (nSPS) is 16.4. The lowest BCUT2D eigenvalue weighted by molar-refractivity contribution is -0.384. The van der Waals surface area contributed by atoms with Crippen LogP contribution >= 0.6 is 11.3 Å². The summed E-state index contributed by atoms with van der Waals surface area (Å²) >= 11 is 1.16. The highest BCUT2D eigenvalue weighted by Gasteiger charge is 2.37. The molecule has 0 amide bonds. The van der Waals surface area contributed by atoms with Crippen molar-refractivity contribution in [2.45, 2.75) is 6.42 Å². The second-order valence-corrected chi connectivity index (χ2v) is 7.08. The van der Waals surface area contributed by atoms with Gasteiger partial charge < -0.3 is 19.5 Å². The summed E-state index contributed by atoms with van der Waals surface area (Å²) < 4.78 is 9.84. The van der Waals surface area contributed by atoms with Crippen LogP contribution in [0.5, 0.6) is 5.88 Å². The fraction of sp³-hybridized carbons (Fsp3) is 0.412. The molecule has 3 heterocycles. The number of nitrogens with zero attached hydrogens (tertiary/aromatic N) is 3. The SMILES string of the molecule is COC(=O)c1c(N2CC[C@H](CO)C2)sc(-c2ccc(OC)nc2)c1[N+](=O)[O-]. The number of hydrogen-bond acceptors (Lipinski definition) is 9. The first-order valence-electron chi connectivity index (χ1n) is 8.25. The van der Waals surface area contributed by atoms with Crippen molar-refractivity contribution in [2.24, 2.45) is 5.92 Å². The number of carbonyl (C=O) groups excluding carboxylic acids is 1. The van der Waals surface area contributed by atoms with Crippen LogP contribution < -0.4 is 9.64 Å². The second-order valence-electron chi connectivity index (χ2n) is 6.08. The van der Waals surface area contributed by atoms with Gasteiger partial charge in [-0.15, -0.1) is 11.3 Å². The third-order valence-corrected chi connectivity index (χ3v) is 5.76. The van der Waals surface area contributed by atoms with Crippen LogP contribution in [-0.4, -0.2) is 54.9 Å². The molecule has 0 spiro atoms. The van der Waals surface area contributed by atoms with Crippen molar-refractivity contribution in [1.29, 1.82) is 0 Å². The Morgan fingerprint density at radius 3 is 2.78 bits per heavy atom. The summed E-state index contributed by atoms with van der Waals surface area (Å²) in [7, 11) is 2.68. The second kappa shape index (κ2) is 7.89. The smallest absolute Gasteiger partial charge is 0.347 e. The molecule has 0 saturated carbocycles. The molecule has 144 valence electrons. The molecule has 0 aromatic carbocycles. The standard InChI is InChI=1S/C17H19N3O6S/c1-25-12-4-3-11(7-18-12)15-14(20(23)24)13(17(22)26-2)16(27-15)19-6-5-10(8-19)9-21/h3-4,7,10,21H,5-6,8-9H2,1-2H3/t10-/m0/s1. The number of aromatic nitrogens is 1. The largest absolute Gasteiger partial charge is 0.481 e. The molecular formula is C17H19N3O6S. The number of aliphatic hydroxyl groups is 1. The lowest BCUT2D eigenvalue weighted by atomic mass is 10.1. The molecule has 9 nitrogen and oxygen atoms in total. The van der Waals surface area contributed by atoms with Gasteiger partial charge in [0.25, 0.3) is 0 Å². The van der Waals surface area contributed by atoms with E-state index >= 15 is 0 Å². The summed E-state index contributed by atoms with van der Waals surface area (Å²) in [5.41, 5.74) is 0.167. The first-order chi connectivity index (χ1) is 13.0. The Morgan fingerprint density at radius 2 is 2.26 bits per heavy atom. The monoisotopic (exact) mass is 393 g/mol. The van der Waals surface area contributed by atoms with Gasteiger partial charge in [0.15, 0.2) is 5.56 Å². The van der Waals surface area contributed by atoms with Crippen LogP contribution in [0.4, 0.5) is 10.7 Å². The van der Waals surface area contributed by atoms with Crippen LogP contribution in [0.2, 0.25) is 0 Å². The van der Waals surface area contributed by atoms with E-state index in [2.05, 4.69) is 4.98 Å². The minimum atomic E-state index is -0.756. The summed E-state index contributed by atoms with van der Waals surface area (Å²) in [4.78, 5) is 30.0. The van der Waals surface area contributed by atoms with Crippen molar-refractivity contribution in [3.8, 4) is 16.3 Å². The van der Waals surface area contributed by atoms with Gasteiger partial charge in [0.05, 0.1) is 19.1 Å². The minimum Gasteiger partial charge on any atom is -0.481 e. The van der Waals surface area contributed by atoms with Crippen molar-refractivity contribution >= 4 is 28.0 Å². The highest BCUT2D eigenvalue weighted by Crippen LogP contribution is 2.48. The van der Waals surface area contributed by atoms with Crippen LogP contribution in [0.25, 0.3) is 10.4 Å². The molecule has 1 saturated heterocycles. The van der Waals surface area contributed by atoms with Gasteiger partial charge in [-0.2, -0.15) is 0 Å². The van der Waals surface area contributed by atoms with Gasteiger partial charge in [-0.3, -0.25) is 10.1 Å². The molecule has 0 unspecified atom stereocenters. The highest BCUT2D eigenvalue weighted by atomic mass is 32.1.